The van der Waals surface area contributed by atoms with E-state index in [1.807, 2.05) is 43.0 Å². The number of aliphatic imine (C=N–C) groups is 1. The molecule has 0 amide bonds. The van der Waals surface area contributed by atoms with Gasteiger partial charge < -0.3 is 24.8 Å². The van der Waals surface area contributed by atoms with Crippen LogP contribution in [0.4, 0.5) is 0 Å². The van der Waals surface area contributed by atoms with E-state index in [2.05, 4.69) is 23.8 Å². The minimum absolute atomic E-state index is 0. The number of ether oxygens (including phenoxy) is 3. The van der Waals surface area contributed by atoms with E-state index < -0.39 is 0 Å². The van der Waals surface area contributed by atoms with Crippen LogP contribution in [-0.4, -0.2) is 63.0 Å². The number of rotatable bonds is 9. The number of nitrogens with one attached hydrogen (secondary N) is 2. The lowest BCUT2D eigenvalue weighted by Crippen LogP contribution is -2.43. The first-order chi connectivity index (χ1) is 13.1. The molecule has 0 saturated carbocycles. The van der Waals surface area contributed by atoms with Crippen LogP contribution in [0.2, 0.25) is 0 Å². The highest BCUT2D eigenvalue weighted by Crippen LogP contribution is 2.34. The van der Waals surface area contributed by atoms with Crippen LogP contribution in [0.15, 0.2) is 29.3 Å². The maximum absolute atomic E-state index is 6.01. The smallest absolute Gasteiger partial charge is 0.191 e. The molecule has 8 heteroatoms. The van der Waals surface area contributed by atoms with Gasteiger partial charge in [0.25, 0.3) is 0 Å². The molecule has 160 valence electrons. The number of methoxy groups -OCH3 is 1. The zero-order valence-electron chi connectivity index (χ0n) is 17.3. The van der Waals surface area contributed by atoms with Crippen LogP contribution in [0.25, 0.3) is 0 Å². The molecule has 2 N–H and O–H groups in total. The van der Waals surface area contributed by atoms with E-state index in [1.165, 1.54) is 0 Å². The van der Waals surface area contributed by atoms with Gasteiger partial charge in [0.1, 0.15) is 6.10 Å². The highest BCUT2D eigenvalue weighted by Gasteiger charge is 2.31. The molecule has 0 radical (unpaired) electrons. The van der Waals surface area contributed by atoms with E-state index in [9.17, 15) is 0 Å². The fourth-order valence-corrected chi connectivity index (χ4v) is 3.72. The van der Waals surface area contributed by atoms with Gasteiger partial charge in [-0.25, -0.2) is 0 Å². The average Bonchev–Trinajstić information content (AvgIpc) is 2.71. The van der Waals surface area contributed by atoms with Gasteiger partial charge in [0.05, 0.1) is 20.2 Å². The van der Waals surface area contributed by atoms with Crippen molar-refractivity contribution in [1.82, 2.24) is 10.6 Å². The van der Waals surface area contributed by atoms with Crippen LogP contribution in [-0.2, 0) is 4.74 Å². The van der Waals surface area contributed by atoms with Crippen molar-refractivity contribution < 1.29 is 14.2 Å². The number of hydrogen-bond donors (Lipinski definition) is 2. The van der Waals surface area contributed by atoms with Crippen LogP contribution >= 0.6 is 35.7 Å². The minimum Gasteiger partial charge on any atom is -0.493 e. The lowest BCUT2D eigenvalue weighted by atomic mass is 9.99. The van der Waals surface area contributed by atoms with Crippen molar-refractivity contribution in [3.63, 3.8) is 0 Å². The van der Waals surface area contributed by atoms with E-state index in [0.717, 1.165) is 56.6 Å². The molecule has 1 aromatic carbocycles. The Hall–Kier alpha value is -0.870. The second kappa shape index (κ2) is 13.4. The lowest BCUT2D eigenvalue weighted by Gasteiger charge is -2.34. The normalized spacial score (nSPS) is 17.2. The first kappa shape index (κ1) is 25.2. The Morgan fingerprint density at radius 1 is 1.25 bits per heavy atom. The molecule has 0 aromatic heterocycles. The van der Waals surface area contributed by atoms with E-state index >= 15 is 0 Å². The van der Waals surface area contributed by atoms with Crippen LogP contribution in [0, 0.1) is 0 Å². The van der Waals surface area contributed by atoms with Gasteiger partial charge >= 0.3 is 0 Å². The first-order valence-corrected chi connectivity index (χ1v) is 10.8. The predicted octanol–water partition coefficient (Wildman–Crippen LogP) is 3.55. The number of guanidine groups is 1. The number of halogens is 1. The van der Waals surface area contributed by atoms with Gasteiger partial charge in [0.2, 0.25) is 0 Å². The summed E-state index contributed by atoms with van der Waals surface area (Å²) in [6.45, 7) is 8.01. The Morgan fingerprint density at radius 3 is 2.54 bits per heavy atom. The van der Waals surface area contributed by atoms with Gasteiger partial charge in [-0.05, 0) is 45.1 Å². The molecular weight excluding hydrogens is 489 g/mol. The van der Waals surface area contributed by atoms with Crippen LogP contribution in [0.3, 0.4) is 0 Å². The van der Waals surface area contributed by atoms with Crippen molar-refractivity contribution in [2.45, 2.75) is 37.5 Å². The van der Waals surface area contributed by atoms with Crippen molar-refractivity contribution in [2.24, 2.45) is 4.99 Å². The third-order valence-corrected chi connectivity index (χ3v) is 6.06. The summed E-state index contributed by atoms with van der Waals surface area (Å²) in [6, 6.07) is 7.69. The molecule has 1 aliphatic rings. The molecule has 1 saturated heterocycles. The molecule has 1 heterocycles. The summed E-state index contributed by atoms with van der Waals surface area (Å²) < 4.78 is 17.1. The molecule has 1 fully saturated rings. The second-order valence-corrected chi connectivity index (χ2v) is 7.93. The minimum atomic E-state index is -0.0252. The Bertz CT molecular complexity index is 598. The third-order valence-electron chi connectivity index (χ3n) is 4.66. The lowest BCUT2D eigenvalue weighted by molar-refractivity contribution is 0.0794. The Labute approximate surface area is 190 Å². The first-order valence-electron chi connectivity index (χ1n) is 9.57. The van der Waals surface area contributed by atoms with Gasteiger partial charge in [0, 0.05) is 24.5 Å². The molecule has 1 atom stereocenters. The molecule has 1 aromatic rings. The van der Waals surface area contributed by atoms with Gasteiger partial charge in [-0.3, -0.25) is 4.99 Å². The summed E-state index contributed by atoms with van der Waals surface area (Å²) in [5.41, 5.74) is 0. The van der Waals surface area contributed by atoms with E-state index in [0.29, 0.717) is 6.54 Å². The molecule has 0 aliphatic carbocycles. The van der Waals surface area contributed by atoms with Gasteiger partial charge in [0.15, 0.2) is 17.5 Å². The van der Waals surface area contributed by atoms with Crippen molar-refractivity contribution in [3.8, 4) is 11.5 Å². The van der Waals surface area contributed by atoms with E-state index in [-0.39, 0.29) is 34.8 Å². The van der Waals surface area contributed by atoms with Crippen molar-refractivity contribution >= 4 is 41.7 Å². The molecule has 0 spiro atoms. The van der Waals surface area contributed by atoms with Crippen molar-refractivity contribution in [2.75, 3.05) is 46.2 Å². The summed E-state index contributed by atoms with van der Waals surface area (Å²) in [7, 11) is 1.65. The van der Waals surface area contributed by atoms with E-state index in [4.69, 9.17) is 19.2 Å². The number of benzene rings is 1. The summed E-state index contributed by atoms with van der Waals surface area (Å²) in [5.74, 6) is 2.32. The molecule has 28 heavy (non-hydrogen) atoms. The number of hydrogen-bond acceptors (Lipinski definition) is 5. The average molecular weight is 523 g/mol. The highest BCUT2D eigenvalue weighted by molar-refractivity contribution is 14.0. The SMILES string of the molecule is CCNC(=NCC1(SC)CCOCC1)NCC(C)Oc1ccccc1OC.I. The van der Waals surface area contributed by atoms with Gasteiger partial charge in [-0.2, -0.15) is 11.8 Å². The van der Waals surface area contributed by atoms with E-state index in [1.54, 1.807) is 7.11 Å². The van der Waals surface area contributed by atoms with Crippen LogP contribution in [0.1, 0.15) is 26.7 Å². The molecule has 2 rings (SSSR count). The third kappa shape index (κ3) is 7.87. The zero-order chi connectivity index (χ0) is 19.5. The largest absolute Gasteiger partial charge is 0.493 e. The standard InChI is InChI=1S/C20H33N3O3S.HI/c1-5-21-19(23-15-20(27-4)10-12-25-13-11-20)22-14-16(2)26-18-9-7-6-8-17(18)24-3;/h6-9,16H,5,10-15H2,1-4H3,(H2,21,22,23);1H. The van der Waals surface area contributed by atoms with Crippen molar-refractivity contribution in [1.29, 1.82) is 0 Å². The van der Waals surface area contributed by atoms with Gasteiger partial charge in [-0.15, -0.1) is 24.0 Å². The Morgan fingerprint density at radius 2 is 1.93 bits per heavy atom. The molecular formula is C20H34IN3O3S. The number of para-hydroxylation sites is 2. The maximum Gasteiger partial charge on any atom is 0.191 e. The fourth-order valence-electron chi connectivity index (χ4n) is 2.95. The Kier molecular flexibility index (Phi) is 12.0. The highest BCUT2D eigenvalue weighted by atomic mass is 127. The van der Waals surface area contributed by atoms with Crippen LogP contribution < -0.4 is 20.1 Å². The number of nitrogens with zero attached hydrogens (tertiary/aromatic N) is 1. The zero-order valence-corrected chi connectivity index (χ0v) is 20.5. The fraction of sp³-hybridized carbons (Fsp3) is 0.650. The molecule has 6 nitrogen and oxygen atoms in total. The maximum atomic E-state index is 6.01. The molecule has 1 unspecified atom stereocenters. The quantitative estimate of drug-likeness (QED) is 0.293. The topological polar surface area (TPSA) is 64.1 Å². The van der Waals surface area contributed by atoms with Crippen molar-refractivity contribution in [3.05, 3.63) is 24.3 Å². The summed E-state index contributed by atoms with van der Waals surface area (Å²) >= 11 is 1.90. The summed E-state index contributed by atoms with van der Waals surface area (Å²) in [4.78, 5) is 4.83. The number of thioether (sulfide) groups is 1. The predicted molar refractivity (Wildman–Crippen MR) is 129 cm³/mol. The second-order valence-electron chi connectivity index (χ2n) is 6.65. The summed E-state index contributed by atoms with van der Waals surface area (Å²) in [6.07, 6.45) is 4.24. The molecule has 1 aliphatic heterocycles. The molecule has 0 bridgehead atoms. The summed E-state index contributed by atoms with van der Waals surface area (Å²) in [5, 5.41) is 6.72. The monoisotopic (exact) mass is 523 g/mol. The van der Waals surface area contributed by atoms with Gasteiger partial charge in [-0.1, -0.05) is 12.1 Å². The van der Waals surface area contributed by atoms with Crippen LogP contribution in [0.5, 0.6) is 11.5 Å². The Balaban J connectivity index is 0.00000392.